The van der Waals surface area contributed by atoms with Gasteiger partial charge in [0.1, 0.15) is 0 Å². The summed E-state index contributed by atoms with van der Waals surface area (Å²) in [6.45, 7) is 3.88. The summed E-state index contributed by atoms with van der Waals surface area (Å²) in [6, 6.07) is 0.421. The second kappa shape index (κ2) is 3.01. The van der Waals surface area contributed by atoms with E-state index in [0.717, 1.165) is 19.5 Å². The predicted octanol–water partition coefficient (Wildman–Crippen LogP) is -0.173. The van der Waals surface area contributed by atoms with Crippen LogP contribution in [0.15, 0.2) is 0 Å². The lowest BCUT2D eigenvalue weighted by Crippen LogP contribution is -2.49. The number of carbonyl (C=O) groups excluding carboxylic acids is 1. The fraction of sp³-hybridized carbons (Fsp3) is 0.857. The summed E-state index contributed by atoms with van der Waals surface area (Å²) in [5.74, 6) is 0.294. The van der Waals surface area contributed by atoms with Gasteiger partial charge in [0.2, 0.25) is 5.91 Å². The first-order valence-electron chi connectivity index (χ1n) is 3.69. The minimum Gasteiger partial charge on any atom is -0.341 e. The highest BCUT2D eigenvalue weighted by molar-refractivity contribution is 5.81. The normalized spacial score (nSPS) is 20.6. The summed E-state index contributed by atoms with van der Waals surface area (Å²) < 4.78 is 0. The van der Waals surface area contributed by atoms with Crippen molar-refractivity contribution in [3.63, 3.8) is 0 Å². The Balaban J connectivity index is 2.19. The van der Waals surface area contributed by atoms with Crippen LogP contribution < -0.4 is 5.32 Å². The number of nitrogens with one attached hydrogen (secondary N) is 1. The standard InChI is InChI=1S/C7H14N2O/c1-6(8-2)5-9-4-3-7(9)10/h6,8H,3-5H2,1-2H3. The Morgan fingerprint density at radius 2 is 2.50 bits per heavy atom. The second-order valence-corrected chi connectivity index (χ2v) is 2.78. The van der Waals surface area contributed by atoms with Gasteiger partial charge in [-0.2, -0.15) is 0 Å². The topological polar surface area (TPSA) is 32.3 Å². The lowest BCUT2D eigenvalue weighted by molar-refractivity contribution is -0.140. The molecule has 0 aromatic carbocycles. The van der Waals surface area contributed by atoms with Crippen LogP contribution in [-0.2, 0) is 4.79 Å². The quantitative estimate of drug-likeness (QED) is 0.555. The van der Waals surface area contributed by atoms with E-state index >= 15 is 0 Å². The summed E-state index contributed by atoms with van der Waals surface area (Å²) in [5.41, 5.74) is 0. The average molecular weight is 142 g/mol. The molecule has 1 unspecified atom stereocenters. The van der Waals surface area contributed by atoms with E-state index in [-0.39, 0.29) is 0 Å². The molecule has 1 N–H and O–H groups in total. The third-order valence-electron chi connectivity index (χ3n) is 1.94. The minimum atomic E-state index is 0.294. The van der Waals surface area contributed by atoms with E-state index in [1.807, 2.05) is 11.9 Å². The molecule has 1 aliphatic heterocycles. The Morgan fingerprint density at radius 3 is 2.80 bits per heavy atom. The lowest BCUT2D eigenvalue weighted by Gasteiger charge is -2.32. The molecule has 0 spiro atoms. The van der Waals surface area contributed by atoms with E-state index in [0.29, 0.717) is 11.9 Å². The van der Waals surface area contributed by atoms with Crippen LogP contribution in [0.5, 0.6) is 0 Å². The van der Waals surface area contributed by atoms with Crippen molar-refractivity contribution in [2.45, 2.75) is 19.4 Å². The van der Waals surface area contributed by atoms with Crippen LogP contribution >= 0.6 is 0 Å². The summed E-state index contributed by atoms with van der Waals surface area (Å²) in [4.78, 5) is 12.7. The lowest BCUT2D eigenvalue weighted by atomic mass is 10.2. The largest absolute Gasteiger partial charge is 0.341 e. The van der Waals surface area contributed by atoms with Gasteiger partial charge in [0.25, 0.3) is 0 Å². The molecule has 1 atom stereocenters. The first-order chi connectivity index (χ1) is 4.74. The zero-order valence-corrected chi connectivity index (χ0v) is 6.55. The number of nitrogens with zero attached hydrogens (tertiary/aromatic N) is 1. The van der Waals surface area contributed by atoms with E-state index in [4.69, 9.17) is 0 Å². The molecule has 1 heterocycles. The van der Waals surface area contributed by atoms with Gasteiger partial charge in [-0.15, -0.1) is 0 Å². The molecule has 1 aliphatic rings. The van der Waals surface area contributed by atoms with Crippen LogP contribution in [0.3, 0.4) is 0 Å². The van der Waals surface area contributed by atoms with Crippen LogP contribution in [-0.4, -0.2) is 37.0 Å². The molecular formula is C7H14N2O. The summed E-state index contributed by atoms with van der Waals surface area (Å²) >= 11 is 0. The number of likely N-dealkylation sites (tertiary alicyclic amines) is 1. The minimum absolute atomic E-state index is 0.294. The van der Waals surface area contributed by atoms with Gasteiger partial charge in [0, 0.05) is 25.6 Å². The molecular weight excluding hydrogens is 128 g/mol. The van der Waals surface area contributed by atoms with Gasteiger partial charge in [-0.1, -0.05) is 0 Å². The van der Waals surface area contributed by atoms with Crippen molar-refractivity contribution in [1.29, 1.82) is 0 Å². The zero-order chi connectivity index (χ0) is 7.56. The Bertz CT molecular complexity index is 136. The maximum atomic E-state index is 10.8. The highest BCUT2D eigenvalue weighted by Gasteiger charge is 2.24. The fourth-order valence-electron chi connectivity index (χ4n) is 0.976. The first kappa shape index (κ1) is 7.54. The highest BCUT2D eigenvalue weighted by atomic mass is 16.2. The Labute approximate surface area is 61.4 Å². The van der Waals surface area contributed by atoms with Crippen molar-refractivity contribution in [1.82, 2.24) is 10.2 Å². The number of likely N-dealkylation sites (N-methyl/N-ethyl adjacent to an activating group) is 1. The van der Waals surface area contributed by atoms with Crippen LogP contribution in [0.2, 0.25) is 0 Å². The molecule has 0 aromatic rings. The zero-order valence-electron chi connectivity index (χ0n) is 6.55. The van der Waals surface area contributed by atoms with Gasteiger partial charge in [0.05, 0.1) is 0 Å². The number of carbonyl (C=O) groups is 1. The Morgan fingerprint density at radius 1 is 1.80 bits per heavy atom. The van der Waals surface area contributed by atoms with Crippen molar-refractivity contribution >= 4 is 5.91 Å². The van der Waals surface area contributed by atoms with Gasteiger partial charge in [-0.3, -0.25) is 4.79 Å². The van der Waals surface area contributed by atoms with Gasteiger partial charge >= 0.3 is 0 Å². The van der Waals surface area contributed by atoms with Crippen molar-refractivity contribution in [3.05, 3.63) is 0 Å². The van der Waals surface area contributed by atoms with Crippen molar-refractivity contribution in [3.8, 4) is 0 Å². The van der Waals surface area contributed by atoms with Crippen LogP contribution in [0.1, 0.15) is 13.3 Å². The monoisotopic (exact) mass is 142 g/mol. The number of amides is 1. The molecule has 3 heteroatoms. The molecule has 0 saturated carbocycles. The molecule has 3 nitrogen and oxygen atoms in total. The molecule has 0 radical (unpaired) electrons. The fourth-order valence-corrected chi connectivity index (χ4v) is 0.976. The summed E-state index contributed by atoms with van der Waals surface area (Å²) in [7, 11) is 1.91. The van der Waals surface area contributed by atoms with Crippen LogP contribution in [0.4, 0.5) is 0 Å². The second-order valence-electron chi connectivity index (χ2n) is 2.78. The van der Waals surface area contributed by atoms with E-state index in [9.17, 15) is 4.79 Å². The van der Waals surface area contributed by atoms with Gasteiger partial charge in [0.15, 0.2) is 0 Å². The number of hydrogen-bond donors (Lipinski definition) is 1. The summed E-state index contributed by atoms with van der Waals surface area (Å²) in [6.07, 6.45) is 0.746. The summed E-state index contributed by atoms with van der Waals surface area (Å²) in [5, 5.41) is 3.09. The molecule has 10 heavy (non-hydrogen) atoms. The van der Waals surface area contributed by atoms with E-state index in [1.54, 1.807) is 0 Å². The predicted molar refractivity (Wildman–Crippen MR) is 39.7 cm³/mol. The maximum absolute atomic E-state index is 10.8. The third kappa shape index (κ3) is 1.48. The third-order valence-corrected chi connectivity index (χ3v) is 1.94. The Hall–Kier alpha value is -0.570. The molecule has 1 fully saturated rings. The van der Waals surface area contributed by atoms with Gasteiger partial charge in [-0.25, -0.2) is 0 Å². The molecule has 0 aliphatic carbocycles. The van der Waals surface area contributed by atoms with Gasteiger partial charge in [-0.05, 0) is 14.0 Å². The van der Waals surface area contributed by atoms with Crippen LogP contribution in [0.25, 0.3) is 0 Å². The molecule has 1 rings (SSSR count). The molecule has 0 bridgehead atoms. The highest BCUT2D eigenvalue weighted by Crippen LogP contribution is 2.07. The maximum Gasteiger partial charge on any atom is 0.224 e. The van der Waals surface area contributed by atoms with E-state index in [2.05, 4.69) is 12.2 Å². The van der Waals surface area contributed by atoms with Crippen molar-refractivity contribution in [2.24, 2.45) is 0 Å². The van der Waals surface area contributed by atoms with Crippen molar-refractivity contribution in [2.75, 3.05) is 20.1 Å². The average Bonchev–Trinajstić information content (AvgIpc) is 1.96. The Kier molecular flexibility index (Phi) is 2.27. The van der Waals surface area contributed by atoms with E-state index < -0.39 is 0 Å². The number of hydrogen-bond acceptors (Lipinski definition) is 2. The SMILES string of the molecule is CNC(C)CN1CCC1=O. The number of rotatable bonds is 3. The van der Waals surface area contributed by atoms with Gasteiger partial charge < -0.3 is 10.2 Å². The van der Waals surface area contributed by atoms with E-state index in [1.165, 1.54) is 0 Å². The molecule has 0 aromatic heterocycles. The van der Waals surface area contributed by atoms with Crippen LogP contribution in [0, 0.1) is 0 Å². The number of β-lactam (4-membered cyclic amide) rings is 1. The molecule has 58 valence electrons. The first-order valence-corrected chi connectivity index (χ1v) is 3.69. The van der Waals surface area contributed by atoms with Crippen molar-refractivity contribution < 1.29 is 4.79 Å². The molecule has 1 amide bonds. The molecule has 1 saturated heterocycles. The smallest absolute Gasteiger partial charge is 0.224 e.